The molecular formula is C18H29O4-. The third kappa shape index (κ3) is 4.82. The van der Waals surface area contributed by atoms with Crippen LogP contribution >= 0.6 is 0 Å². The molecule has 0 radical (unpaired) electrons. The molecule has 126 valence electrons. The molecule has 4 nitrogen and oxygen atoms in total. The normalized spacial score (nSPS) is 34.0. The molecule has 22 heavy (non-hydrogen) atoms. The Kier molecular flexibility index (Phi) is 6.45. The average molecular weight is 309 g/mol. The number of carbonyl (C=O) groups is 1. The van der Waals surface area contributed by atoms with Crippen LogP contribution in [0.4, 0.5) is 0 Å². The summed E-state index contributed by atoms with van der Waals surface area (Å²) in [5.74, 6) is 1.31. The fourth-order valence-electron chi connectivity index (χ4n) is 4.38. The predicted octanol–water partition coefficient (Wildman–Crippen LogP) is 1.65. The first-order chi connectivity index (χ1) is 10.5. The Bertz CT molecular complexity index is 393. The maximum Gasteiger partial charge on any atom is 0.0616 e. The first-order valence-corrected chi connectivity index (χ1v) is 8.71. The zero-order chi connectivity index (χ0) is 16.1. The fourth-order valence-corrected chi connectivity index (χ4v) is 4.38. The van der Waals surface area contributed by atoms with E-state index in [-0.39, 0.29) is 6.42 Å². The van der Waals surface area contributed by atoms with Gasteiger partial charge in [-0.3, -0.25) is 0 Å². The molecule has 0 saturated heterocycles. The van der Waals surface area contributed by atoms with E-state index in [9.17, 15) is 20.1 Å². The Labute approximate surface area is 133 Å². The number of fused-ring (bicyclic) bond motifs is 1. The molecule has 0 aliphatic heterocycles. The third-order valence-corrected chi connectivity index (χ3v) is 5.54. The highest BCUT2D eigenvalue weighted by Gasteiger charge is 2.35. The van der Waals surface area contributed by atoms with E-state index in [1.807, 2.05) is 0 Å². The van der Waals surface area contributed by atoms with Gasteiger partial charge in [-0.05, 0) is 55.8 Å². The Hall–Kier alpha value is -0.870. The molecule has 0 amide bonds. The molecule has 2 aliphatic carbocycles. The molecule has 0 aromatic rings. The lowest BCUT2D eigenvalue weighted by molar-refractivity contribution is -0.307. The predicted molar refractivity (Wildman–Crippen MR) is 82.7 cm³/mol. The van der Waals surface area contributed by atoms with Gasteiger partial charge in [0.05, 0.1) is 12.2 Å². The second-order valence-electron chi connectivity index (χ2n) is 7.22. The van der Waals surface area contributed by atoms with E-state index >= 15 is 0 Å². The molecule has 0 spiro atoms. The van der Waals surface area contributed by atoms with Crippen LogP contribution in [-0.2, 0) is 4.79 Å². The lowest BCUT2D eigenvalue weighted by atomic mass is 9.64. The number of rotatable bonds is 7. The highest BCUT2D eigenvalue weighted by atomic mass is 16.4. The fraction of sp³-hybridized carbons (Fsp3) is 0.833. The van der Waals surface area contributed by atoms with Crippen molar-refractivity contribution in [3.8, 4) is 0 Å². The van der Waals surface area contributed by atoms with Gasteiger partial charge in [0.1, 0.15) is 0 Å². The van der Waals surface area contributed by atoms with Crippen molar-refractivity contribution >= 4 is 5.97 Å². The summed E-state index contributed by atoms with van der Waals surface area (Å²) < 4.78 is 0. The number of carbonyl (C=O) groups excluding carboxylic acids is 1. The largest absolute Gasteiger partial charge is 0.550 e. The van der Waals surface area contributed by atoms with Gasteiger partial charge in [0.25, 0.3) is 0 Å². The van der Waals surface area contributed by atoms with Crippen LogP contribution in [0.1, 0.15) is 58.3 Å². The van der Waals surface area contributed by atoms with Crippen LogP contribution < -0.4 is 5.11 Å². The van der Waals surface area contributed by atoms with Crippen molar-refractivity contribution in [3.63, 3.8) is 0 Å². The smallest absolute Gasteiger partial charge is 0.0616 e. The van der Waals surface area contributed by atoms with E-state index in [1.54, 1.807) is 0 Å². The van der Waals surface area contributed by atoms with Crippen molar-refractivity contribution in [1.29, 1.82) is 0 Å². The van der Waals surface area contributed by atoms with Crippen LogP contribution in [0.5, 0.6) is 0 Å². The van der Waals surface area contributed by atoms with Gasteiger partial charge < -0.3 is 20.1 Å². The van der Waals surface area contributed by atoms with E-state index in [4.69, 9.17) is 0 Å². The SMILES string of the molecule is C[C@H]1C=C[C@H]2CCCC[C@@H]2[C@H]1CC[C@@H](O)C[C@@H](O)CC(=O)[O-]. The molecule has 4 heteroatoms. The molecule has 0 unspecified atom stereocenters. The molecule has 0 bridgehead atoms. The minimum atomic E-state index is -1.27. The number of allylic oxidation sites excluding steroid dienone is 2. The lowest BCUT2D eigenvalue weighted by Crippen LogP contribution is -2.33. The second kappa shape index (κ2) is 8.11. The van der Waals surface area contributed by atoms with Gasteiger partial charge in [0.15, 0.2) is 0 Å². The van der Waals surface area contributed by atoms with Crippen LogP contribution in [0.15, 0.2) is 12.2 Å². The summed E-state index contributed by atoms with van der Waals surface area (Å²) in [4.78, 5) is 10.4. The monoisotopic (exact) mass is 309 g/mol. The summed E-state index contributed by atoms with van der Waals surface area (Å²) in [5, 5.41) is 30.1. The van der Waals surface area contributed by atoms with Gasteiger partial charge in [-0.15, -0.1) is 0 Å². The van der Waals surface area contributed by atoms with E-state index in [1.165, 1.54) is 25.7 Å². The highest BCUT2D eigenvalue weighted by molar-refractivity contribution is 5.64. The van der Waals surface area contributed by atoms with Gasteiger partial charge in [-0.1, -0.05) is 31.9 Å². The molecule has 2 N–H and O–H groups in total. The maximum atomic E-state index is 10.4. The first kappa shape index (κ1) is 17.5. The lowest BCUT2D eigenvalue weighted by Gasteiger charge is -2.42. The maximum absolute atomic E-state index is 10.4. The quantitative estimate of drug-likeness (QED) is 0.701. The number of carboxylic acids is 1. The molecule has 2 rings (SSSR count). The minimum absolute atomic E-state index is 0.124. The van der Waals surface area contributed by atoms with E-state index in [2.05, 4.69) is 19.1 Å². The van der Waals surface area contributed by atoms with E-state index in [0.717, 1.165) is 12.3 Å². The summed E-state index contributed by atoms with van der Waals surface area (Å²) in [7, 11) is 0. The van der Waals surface area contributed by atoms with Crippen LogP contribution in [-0.4, -0.2) is 28.4 Å². The van der Waals surface area contributed by atoms with Crippen molar-refractivity contribution in [2.75, 3.05) is 0 Å². The first-order valence-electron chi connectivity index (χ1n) is 8.71. The van der Waals surface area contributed by atoms with Crippen molar-refractivity contribution < 1.29 is 20.1 Å². The summed E-state index contributed by atoms with van der Waals surface area (Å²) in [6, 6.07) is 0. The average Bonchev–Trinajstić information content (AvgIpc) is 2.45. The van der Waals surface area contributed by atoms with E-state index in [0.29, 0.717) is 24.2 Å². The molecule has 1 fully saturated rings. The van der Waals surface area contributed by atoms with Crippen molar-refractivity contribution in [3.05, 3.63) is 12.2 Å². The van der Waals surface area contributed by atoms with Gasteiger partial charge in [0.2, 0.25) is 0 Å². The third-order valence-electron chi connectivity index (χ3n) is 5.54. The zero-order valence-electron chi connectivity index (χ0n) is 13.5. The topological polar surface area (TPSA) is 80.6 Å². The van der Waals surface area contributed by atoms with Gasteiger partial charge >= 0.3 is 0 Å². The Morgan fingerprint density at radius 3 is 2.68 bits per heavy atom. The molecule has 0 aromatic carbocycles. The molecular weight excluding hydrogens is 280 g/mol. The zero-order valence-corrected chi connectivity index (χ0v) is 13.5. The van der Waals surface area contributed by atoms with Gasteiger partial charge in [-0.25, -0.2) is 0 Å². The van der Waals surface area contributed by atoms with Gasteiger partial charge in [0, 0.05) is 12.4 Å². The number of aliphatic hydroxyl groups is 2. The number of aliphatic hydroxyl groups excluding tert-OH is 2. The molecule has 2 aliphatic rings. The number of carboxylic acid groups (broad SMARTS) is 1. The van der Waals surface area contributed by atoms with Gasteiger partial charge in [-0.2, -0.15) is 0 Å². The van der Waals surface area contributed by atoms with Crippen molar-refractivity contribution in [2.45, 2.75) is 70.5 Å². The van der Waals surface area contributed by atoms with Crippen molar-refractivity contribution in [2.24, 2.45) is 23.7 Å². The summed E-state index contributed by atoms with van der Waals surface area (Å²) in [5.41, 5.74) is 0. The standard InChI is InChI=1S/C18H30O4/c1-12-6-7-13-4-2-3-5-17(13)16(12)9-8-14(19)10-15(20)11-18(21)22/h6-7,12-17,19-20H,2-5,8-11H2,1H3,(H,21,22)/p-1/t12-,13+,14+,15+,16-,17-/m0/s1. The van der Waals surface area contributed by atoms with Crippen LogP contribution in [0.2, 0.25) is 0 Å². The molecule has 6 atom stereocenters. The van der Waals surface area contributed by atoms with Crippen LogP contribution in [0.3, 0.4) is 0 Å². The summed E-state index contributed by atoms with van der Waals surface area (Å²) in [6.07, 6.45) is 9.60. The Balaban J connectivity index is 1.81. The summed E-state index contributed by atoms with van der Waals surface area (Å²) >= 11 is 0. The molecule has 0 aromatic heterocycles. The number of aliphatic carboxylic acids is 1. The molecule has 0 heterocycles. The van der Waals surface area contributed by atoms with Crippen LogP contribution in [0, 0.1) is 23.7 Å². The second-order valence-corrected chi connectivity index (χ2v) is 7.22. The molecule has 1 saturated carbocycles. The Morgan fingerprint density at radius 1 is 1.23 bits per heavy atom. The minimum Gasteiger partial charge on any atom is -0.550 e. The Morgan fingerprint density at radius 2 is 1.95 bits per heavy atom. The van der Waals surface area contributed by atoms with Crippen molar-refractivity contribution in [1.82, 2.24) is 0 Å². The number of hydrogen-bond acceptors (Lipinski definition) is 4. The highest BCUT2D eigenvalue weighted by Crippen LogP contribution is 2.44. The summed E-state index contributed by atoms with van der Waals surface area (Å²) in [6.45, 7) is 2.25. The van der Waals surface area contributed by atoms with E-state index < -0.39 is 24.6 Å². The number of hydrogen-bond donors (Lipinski definition) is 2. The van der Waals surface area contributed by atoms with Crippen LogP contribution in [0.25, 0.3) is 0 Å².